The standard InChI is InChI=1S/C25H28BrN3O3/c1-3-18(2)29(24(30)20-10-7-11-21(26)16-20)17-22-23(19-8-5-4-6-9-19)27-32-25(22)28-12-14-31-15-13-28/h4-11,16,18H,3,12-15,17H2,1-2H3/t18-/m1/s1. The second-order valence-electron chi connectivity index (χ2n) is 7.98. The molecule has 3 aromatic rings. The molecule has 0 radical (unpaired) electrons. The van der Waals surface area contributed by atoms with Crippen LogP contribution in [0.2, 0.25) is 0 Å². The number of halogens is 1. The average Bonchev–Trinajstić information content (AvgIpc) is 3.26. The van der Waals surface area contributed by atoms with Crippen LogP contribution < -0.4 is 4.90 Å². The Morgan fingerprint density at radius 2 is 1.91 bits per heavy atom. The van der Waals surface area contributed by atoms with Gasteiger partial charge in [-0.25, -0.2) is 0 Å². The van der Waals surface area contributed by atoms with E-state index in [4.69, 9.17) is 9.26 Å². The molecule has 7 heteroatoms. The van der Waals surface area contributed by atoms with Gasteiger partial charge in [0.2, 0.25) is 5.88 Å². The summed E-state index contributed by atoms with van der Waals surface area (Å²) in [7, 11) is 0. The molecule has 1 aromatic heterocycles. The van der Waals surface area contributed by atoms with Gasteiger partial charge in [-0.1, -0.05) is 64.4 Å². The molecule has 1 fully saturated rings. The van der Waals surface area contributed by atoms with E-state index in [1.165, 1.54) is 0 Å². The Kier molecular flexibility index (Phi) is 7.27. The van der Waals surface area contributed by atoms with Crippen molar-refractivity contribution < 1.29 is 14.1 Å². The molecule has 0 spiro atoms. The maximum Gasteiger partial charge on any atom is 0.254 e. The van der Waals surface area contributed by atoms with E-state index in [1.807, 2.05) is 59.5 Å². The predicted molar refractivity (Wildman–Crippen MR) is 129 cm³/mol. The van der Waals surface area contributed by atoms with E-state index in [2.05, 4.69) is 39.8 Å². The Hall–Kier alpha value is -2.64. The van der Waals surface area contributed by atoms with Crippen LogP contribution in [0.25, 0.3) is 11.3 Å². The van der Waals surface area contributed by atoms with Crippen LogP contribution in [-0.2, 0) is 11.3 Å². The smallest absolute Gasteiger partial charge is 0.254 e. The largest absolute Gasteiger partial charge is 0.378 e. The Bertz CT molecular complexity index is 1050. The fourth-order valence-electron chi connectivity index (χ4n) is 3.89. The minimum atomic E-state index is -0.00575. The first-order valence-electron chi connectivity index (χ1n) is 11.0. The van der Waals surface area contributed by atoms with Crippen molar-refractivity contribution in [2.24, 2.45) is 0 Å². The molecular formula is C25H28BrN3O3. The van der Waals surface area contributed by atoms with Gasteiger partial charge >= 0.3 is 0 Å². The summed E-state index contributed by atoms with van der Waals surface area (Å²) in [4.78, 5) is 17.7. The van der Waals surface area contributed by atoms with Gasteiger partial charge in [0.15, 0.2) is 0 Å². The molecule has 0 aliphatic carbocycles. The zero-order valence-electron chi connectivity index (χ0n) is 18.5. The Morgan fingerprint density at radius 3 is 2.59 bits per heavy atom. The van der Waals surface area contributed by atoms with E-state index in [9.17, 15) is 4.79 Å². The maximum atomic E-state index is 13.6. The summed E-state index contributed by atoms with van der Waals surface area (Å²) >= 11 is 3.49. The molecule has 2 heterocycles. The van der Waals surface area contributed by atoms with Gasteiger partial charge in [-0.2, -0.15) is 0 Å². The average molecular weight is 498 g/mol. The topological polar surface area (TPSA) is 58.8 Å². The van der Waals surface area contributed by atoms with Gasteiger partial charge in [0.25, 0.3) is 5.91 Å². The molecule has 0 saturated carbocycles. The summed E-state index contributed by atoms with van der Waals surface area (Å²) in [5.41, 5.74) is 3.35. The highest BCUT2D eigenvalue weighted by atomic mass is 79.9. The summed E-state index contributed by atoms with van der Waals surface area (Å²) in [5.74, 6) is 0.719. The molecule has 1 aliphatic heterocycles. The number of amides is 1. The van der Waals surface area contributed by atoms with Crippen molar-refractivity contribution in [3.8, 4) is 11.3 Å². The van der Waals surface area contributed by atoms with Crippen LogP contribution in [0.5, 0.6) is 0 Å². The minimum Gasteiger partial charge on any atom is -0.378 e. The fraction of sp³-hybridized carbons (Fsp3) is 0.360. The second kappa shape index (κ2) is 10.3. The van der Waals surface area contributed by atoms with Crippen molar-refractivity contribution >= 4 is 27.7 Å². The van der Waals surface area contributed by atoms with Gasteiger partial charge in [0, 0.05) is 34.7 Å². The molecular weight excluding hydrogens is 470 g/mol. The molecule has 0 unspecified atom stereocenters. The molecule has 6 nitrogen and oxygen atoms in total. The van der Waals surface area contributed by atoms with Crippen LogP contribution in [0.1, 0.15) is 36.2 Å². The third-order valence-electron chi connectivity index (χ3n) is 5.90. The van der Waals surface area contributed by atoms with Crippen LogP contribution in [0.3, 0.4) is 0 Å². The Morgan fingerprint density at radius 1 is 1.16 bits per heavy atom. The van der Waals surface area contributed by atoms with E-state index in [0.29, 0.717) is 25.3 Å². The lowest BCUT2D eigenvalue weighted by Crippen LogP contribution is -2.39. The van der Waals surface area contributed by atoms with Crippen LogP contribution in [-0.4, -0.2) is 48.3 Å². The van der Waals surface area contributed by atoms with Crippen molar-refractivity contribution in [1.82, 2.24) is 10.1 Å². The highest BCUT2D eigenvalue weighted by molar-refractivity contribution is 9.10. The minimum absolute atomic E-state index is 0.00575. The number of nitrogens with zero attached hydrogens (tertiary/aromatic N) is 3. The molecule has 32 heavy (non-hydrogen) atoms. The van der Waals surface area contributed by atoms with Crippen LogP contribution >= 0.6 is 15.9 Å². The molecule has 4 rings (SSSR count). The molecule has 1 saturated heterocycles. The van der Waals surface area contributed by atoms with Crippen molar-refractivity contribution in [2.45, 2.75) is 32.9 Å². The predicted octanol–water partition coefficient (Wildman–Crippen LogP) is 5.38. The molecule has 2 aromatic carbocycles. The number of hydrogen-bond donors (Lipinski definition) is 0. The summed E-state index contributed by atoms with van der Waals surface area (Å²) < 4.78 is 12.3. The SMILES string of the molecule is CC[C@@H](C)N(Cc1c(-c2ccccc2)noc1N1CCOCC1)C(=O)c1cccc(Br)c1. The number of morpholine rings is 1. The van der Waals surface area contributed by atoms with Crippen LogP contribution in [0.4, 0.5) is 5.88 Å². The van der Waals surface area contributed by atoms with Gasteiger partial charge in [0.1, 0.15) is 5.69 Å². The lowest BCUT2D eigenvalue weighted by Gasteiger charge is -2.31. The number of carbonyl (C=O) groups excluding carboxylic acids is 1. The summed E-state index contributed by atoms with van der Waals surface area (Å²) in [6.45, 7) is 7.36. The number of benzene rings is 2. The first kappa shape index (κ1) is 22.6. The van der Waals surface area contributed by atoms with Gasteiger partial charge in [-0.15, -0.1) is 0 Å². The van der Waals surface area contributed by atoms with Gasteiger partial charge in [0.05, 0.1) is 25.3 Å². The number of rotatable bonds is 7. The van der Waals surface area contributed by atoms with E-state index in [1.54, 1.807) is 0 Å². The third kappa shape index (κ3) is 4.89. The summed E-state index contributed by atoms with van der Waals surface area (Å²) in [6, 6.07) is 17.6. The number of hydrogen-bond acceptors (Lipinski definition) is 5. The monoisotopic (exact) mass is 497 g/mol. The second-order valence-corrected chi connectivity index (χ2v) is 8.90. The zero-order valence-corrected chi connectivity index (χ0v) is 20.0. The highest BCUT2D eigenvalue weighted by Crippen LogP contribution is 2.34. The third-order valence-corrected chi connectivity index (χ3v) is 6.39. The Balaban J connectivity index is 1.75. The van der Waals surface area contributed by atoms with Crippen molar-refractivity contribution in [1.29, 1.82) is 0 Å². The lowest BCUT2D eigenvalue weighted by atomic mass is 10.0. The normalized spacial score (nSPS) is 14.9. The maximum absolute atomic E-state index is 13.6. The molecule has 1 amide bonds. The van der Waals surface area contributed by atoms with Gasteiger partial charge in [-0.05, 0) is 31.5 Å². The summed E-state index contributed by atoms with van der Waals surface area (Å²) in [6.07, 6.45) is 0.846. The van der Waals surface area contributed by atoms with Gasteiger partial charge < -0.3 is 19.1 Å². The highest BCUT2D eigenvalue weighted by Gasteiger charge is 2.29. The van der Waals surface area contributed by atoms with Crippen molar-refractivity contribution in [3.63, 3.8) is 0 Å². The molecule has 168 valence electrons. The first-order chi connectivity index (χ1) is 15.6. The summed E-state index contributed by atoms with van der Waals surface area (Å²) in [5, 5.41) is 4.44. The van der Waals surface area contributed by atoms with Crippen LogP contribution in [0.15, 0.2) is 63.6 Å². The molecule has 1 aliphatic rings. The van der Waals surface area contributed by atoms with Crippen molar-refractivity contribution in [3.05, 3.63) is 70.2 Å². The van der Waals surface area contributed by atoms with E-state index < -0.39 is 0 Å². The lowest BCUT2D eigenvalue weighted by molar-refractivity contribution is 0.0671. The van der Waals surface area contributed by atoms with E-state index >= 15 is 0 Å². The van der Waals surface area contributed by atoms with Crippen LogP contribution in [0, 0.1) is 0 Å². The first-order valence-corrected chi connectivity index (χ1v) is 11.8. The number of aromatic nitrogens is 1. The molecule has 1 atom stereocenters. The number of anilines is 1. The number of ether oxygens (including phenoxy) is 1. The van der Waals surface area contributed by atoms with E-state index in [-0.39, 0.29) is 11.9 Å². The Labute approximate surface area is 197 Å². The quantitative estimate of drug-likeness (QED) is 0.438. The fourth-order valence-corrected chi connectivity index (χ4v) is 4.29. The van der Waals surface area contributed by atoms with Crippen molar-refractivity contribution in [2.75, 3.05) is 31.2 Å². The molecule has 0 N–H and O–H groups in total. The number of carbonyl (C=O) groups is 1. The van der Waals surface area contributed by atoms with E-state index in [0.717, 1.165) is 46.7 Å². The van der Waals surface area contributed by atoms with Gasteiger partial charge in [-0.3, -0.25) is 4.79 Å². The zero-order chi connectivity index (χ0) is 22.5. The molecule has 0 bridgehead atoms.